The summed E-state index contributed by atoms with van der Waals surface area (Å²) in [6.45, 7) is 8.83. The van der Waals surface area contributed by atoms with E-state index in [1.165, 1.54) is 0 Å². The van der Waals surface area contributed by atoms with E-state index >= 15 is 0 Å². The minimum atomic E-state index is -0.349. The molecular formula is C21H32O4. The smallest absolute Gasteiger partial charge is 0.338 e. The van der Waals surface area contributed by atoms with Crippen LogP contribution < -0.4 is 0 Å². The van der Waals surface area contributed by atoms with Gasteiger partial charge >= 0.3 is 11.9 Å². The minimum absolute atomic E-state index is 0.102. The van der Waals surface area contributed by atoms with Crippen LogP contribution in [0.1, 0.15) is 86.9 Å². The molecule has 0 N–H and O–H groups in total. The molecule has 0 aliphatic carbocycles. The number of esters is 2. The molecule has 0 saturated heterocycles. The molecule has 0 bridgehead atoms. The predicted molar refractivity (Wildman–Crippen MR) is 99.8 cm³/mol. The largest absolute Gasteiger partial charge is 0.462 e. The average Bonchev–Trinajstić information content (AvgIpc) is 2.58. The number of hydrogen-bond acceptors (Lipinski definition) is 4. The second-order valence-corrected chi connectivity index (χ2v) is 6.96. The minimum Gasteiger partial charge on any atom is -0.462 e. The number of ether oxygens (including phenoxy) is 2. The van der Waals surface area contributed by atoms with Crippen molar-refractivity contribution in [1.29, 1.82) is 0 Å². The molecule has 1 aromatic carbocycles. The molecule has 0 aliphatic heterocycles. The molecule has 25 heavy (non-hydrogen) atoms. The van der Waals surface area contributed by atoms with E-state index in [0.717, 1.165) is 38.5 Å². The molecule has 0 heterocycles. The third-order valence-electron chi connectivity index (χ3n) is 4.04. The fraction of sp³-hybridized carbons (Fsp3) is 0.619. The van der Waals surface area contributed by atoms with Crippen LogP contribution in [-0.2, 0) is 9.47 Å². The number of hydrogen-bond donors (Lipinski definition) is 0. The lowest BCUT2D eigenvalue weighted by molar-refractivity contribution is 0.0317. The van der Waals surface area contributed by atoms with E-state index < -0.39 is 0 Å². The average molecular weight is 348 g/mol. The van der Waals surface area contributed by atoms with Gasteiger partial charge in [0.1, 0.15) is 0 Å². The van der Waals surface area contributed by atoms with Gasteiger partial charge in [0.05, 0.1) is 23.8 Å². The Morgan fingerprint density at radius 2 is 1.48 bits per heavy atom. The SMILES string of the molecule is CCCCCOC(=O)c1ccc(C(=O)OC(C)CCCC(C)C)cc1. The number of carbonyl (C=O) groups is 2. The first-order chi connectivity index (χ1) is 11.9. The van der Waals surface area contributed by atoms with Crippen molar-refractivity contribution >= 4 is 11.9 Å². The zero-order valence-electron chi connectivity index (χ0n) is 16.0. The molecule has 0 amide bonds. The van der Waals surface area contributed by atoms with Gasteiger partial charge in [-0.05, 0) is 56.4 Å². The maximum Gasteiger partial charge on any atom is 0.338 e. The maximum atomic E-state index is 12.1. The van der Waals surface area contributed by atoms with E-state index in [0.29, 0.717) is 23.7 Å². The van der Waals surface area contributed by atoms with E-state index in [1.54, 1.807) is 24.3 Å². The third kappa shape index (κ3) is 8.71. The van der Waals surface area contributed by atoms with Crippen molar-refractivity contribution in [3.05, 3.63) is 35.4 Å². The Morgan fingerprint density at radius 3 is 2.04 bits per heavy atom. The molecule has 0 saturated carbocycles. The number of rotatable bonds is 11. The molecule has 1 unspecified atom stereocenters. The molecule has 4 heteroatoms. The van der Waals surface area contributed by atoms with Gasteiger partial charge in [0, 0.05) is 0 Å². The zero-order chi connectivity index (χ0) is 18.7. The number of unbranched alkanes of at least 4 members (excludes halogenated alkanes) is 2. The summed E-state index contributed by atoms with van der Waals surface area (Å²) < 4.78 is 10.7. The zero-order valence-corrected chi connectivity index (χ0v) is 16.0. The lowest BCUT2D eigenvalue weighted by atomic mass is 10.0. The summed E-state index contributed by atoms with van der Waals surface area (Å²) in [5, 5.41) is 0. The van der Waals surface area contributed by atoms with Crippen LogP contribution in [0.15, 0.2) is 24.3 Å². The van der Waals surface area contributed by atoms with E-state index in [9.17, 15) is 9.59 Å². The van der Waals surface area contributed by atoms with Crippen LogP contribution in [0.2, 0.25) is 0 Å². The van der Waals surface area contributed by atoms with Gasteiger partial charge in [0.25, 0.3) is 0 Å². The first kappa shape index (κ1) is 21.2. The Labute approximate surface area is 151 Å². The van der Waals surface area contributed by atoms with Gasteiger partial charge in [-0.3, -0.25) is 0 Å². The fourth-order valence-corrected chi connectivity index (χ4v) is 2.47. The molecule has 1 aromatic rings. The van der Waals surface area contributed by atoms with Crippen LogP contribution in [-0.4, -0.2) is 24.6 Å². The van der Waals surface area contributed by atoms with Gasteiger partial charge in [0.15, 0.2) is 0 Å². The first-order valence-electron chi connectivity index (χ1n) is 9.42. The topological polar surface area (TPSA) is 52.6 Å². The van der Waals surface area contributed by atoms with Crippen LogP contribution in [0.25, 0.3) is 0 Å². The van der Waals surface area contributed by atoms with Crippen molar-refractivity contribution in [2.24, 2.45) is 5.92 Å². The summed E-state index contributed by atoms with van der Waals surface area (Å²) >= 11 is 0. The number of benzene rings is 1. The first-order valence-corrected chi connectivity index (χ1v) is 9.42. The highest BCUT2D eigenvalue weighted by molar-refractivity contribution is 5.93. The van der Waals surface area contributed by atoms with E-state index in [4.69, 9.17) is 9.47 Å². The van der Waals surface area contributed by atoms with E-state index in [2.05, 4.69) is 20.8 Å². The molecule has 0 aliphatic rings. The standard InChI is InChI=1S/C21H32O4/c1-5-6-7-15-24-20(22)18-11-13-19(14-12-18)21(23)25-17(4)10-8-9-16(2)3/h11-14,16-17H,5-10,15H2,1-4H3. The van der Waals surface area contributed by atoms with Crippen molar-refractivity contribution in [1.82, 2.24) is 0 Å². The normalized spacial score (nSPS) is 12.0. The van der Waals surface area contributed by atoms with Crippen molar-refractivity contribution < 1.29 is 19.1 Å². The quantitative estimate of drug-likeness (QED) is 0.396. The molecular weight excluding hydrogens is 316 g/mol. The van der Waals surface area contributed by atoms with Gasteiger partial charge in [0.2, 0.25) is 0 Å². The van der Waals surface area contributed by atoms with Gasteiger partial charge in [-0.15, -0.1) is 0 Å². The molecule has 0 fully saturated rings. The summed E-state index contributed by atoms with van der Waals surface area (Å²) in [4.78, 5) is 24.0. The molecule has 0 radical (unpaired) electrons. The third-order valence-corrected chi connectivity index (χ3v) is 4.04. The second-order valence-electron chi connectivity index (χ2n) is 6.96. The van der Waals surface area contributed by atoms with Crippen LogP contribution in [0.5, 0.6) is 0 Å². The monoisotopic (exact) mass is 348 g/mol. The van der Waals surface area contributed by atoms with Crippen LogP contribution >= 0.6 is 0 Å². The van der Waals surface area contributed by atoms with E-state index in [1.807, 2.05) is 6.92 Å². The van der Waals surface area contributed by atoms with E-state index in [-0.39, 0.29) is 18.0 Å². The summed E-state index contributed by atoms with van der Waals surface area (Å²) in [6, 6.07) is 6.46. The highest BCUT2D eigenvalue weighted by atomic mass is 16.5. The summed E-state index contributed by atoms with van der Waals surface area (Å²) in [5.74, 6) is -0.0323. The molecule has 0 aromatic heterocycles. The highest BCUT2D eigenvalue weighted by Gasteiger charge is 2.14. The van der Waals surface area contributed by atoms with Gasteiger partial charge in [-0.25, -0.2) is 9.59 Å². The Bertz CT molecular complexity index is 519. The highest BCUT2D eigenvalue weighted by Crippen LogP contribution is 2.13. The van der Waals surface area contributed by atoms with Crippen molar-refractivity contribution in [3.63, 3.8) is 0 Å². The van der Waals surface area contributed by atoms with Gasteiger partial charge < -0.3 is 9.47 Å². The molecule has 0 spiro atoms. The Hall–Kier alpha value is -1.84. The Morgan fingerprint density at radius 1 is 0.880 bits per heavy atom. The fourth-order valence-electron chi connectivity index (χ4n) is 2.47. The number of carbonyl (C=O) groups excluding carboxylic acids is 2. The second kappa shape index (κ2) is 11.7. The van der Waals surface area contributed by atoms with Crippen molar-refractivity contribution in [3.8, 4) is 0 Å². The molecule has 1 rings (SSSR count). The van der Waals surface area contributed by atoms with Gasteiger partial charge in [-0.1, -0.05) is 40.0 Å². The summed E-state index contributed by atoms with van der Waals surface area (Å²) in [7, 11) is 0. The lowest BCUT2D eigenvalue weighted by Crippen LogP contribution is -2.15. The molecule has 4 nitrogen and oxygen atoms in total. The van der Waals surface area contributed by atoms with Crippen LogP contribution in [0.4, 0.5) is 0 Å². The van der Waals surface area contributed by atoms with Crippen molar-refractivity contribution in [2.75, 3.05) is 6.61 Å². The maximum absolute atomic E-state index is 12.1. The molecule has 1 atom stereocenters. The lowest BCUT2D eigenvalue weighted by Gasteiger charge is -2.14. The summed E-state index contributed by atoms with van der Waals surface area (Å²) in [6.07, 6.45) is 5.96. The van der Waals surface area contributed by atoms with Crippen molar-refractivity contribution in [2.45, 2.75) is 72.3 Å². The Balaban J connectivity index is 2.43. The van der Waals surface area contributed by atoms with Crippen LogP contribution in [0.3, 0.4) is 0 Å². The van der Waals surface area contributed by atoms with Gasteiger partial charge in [-0.2, -0.15) is 0 Å². The Kier molecular flexibility index (Phi) is 9.90. The van der Waals surface area contributed by atoms with Crippen LogP contribution in [0, 0.1) is 5.92 Å². The summed E-state index contributed by atoms with van der Waals surface area (Å²) in [5.41, 5.74) is 0.913. The molecule has 140 valence electrons. The predicted octanol–water partition coefficient (Wildman–Crippen LogP) is 5.41.